The second kappa shape index (κ2) is 4.02. The number of carbonyl (C=O) groups is 1. The molecule has 0 aromatic carbocycles. The van der Waals surface area contributed by atoms with E-state index in [0.717, 1.165) is 5.69 Å². The fraction of sp³-hybridized carbons (Fsp3) is 0.200. The molecule has 0 amide bonds. The van der Waals surface area contributed by atoms with Crippen LogP contribution in [-0.4, -0.2) is 25.5 Å². The van der Waals surface area contributed by atoms with Gasteiger partial charge < -0.3 is 0 Å². The van der Waals surface area contributed by atoms with E-state index in [1.54, 1.807) is 14.0 Å². The number of halogens is 1. The first-order chi connectivity index (χ1) is 7.59. The Morgan fingerprint density at radius 2 is 2.06 bits per heavy atom. The van der Waals surface area contributed by atoms with E-state index in [1.165, 1.54) is 23.3 Å². The van der Waals surface area contributed by atoms with Crippen molar-refractivity contribution in [3.63, 3.8) is 0 Å². The van der Waals surface area contributed by atoms with Gasteiger partial charge in [-0.3, -0.25) is 14.5 Å². The van der Waals surface area contributed by atoms with E-state index < -0.39 is 0 Å². The molecule has 16 heavy (non-hydrogen) atoms. The standard InChI is InChI=1S/C10H9ClN4O/c1-6-3-13-8(5-12-6)10(16)9-7(11)4-14-15(9)2/h3-5H,1-2H3. The lowest BCUT2D eigenvalue weighted by Crippen LogP contribution is -2.11. The third-order valence-corrected chi connectivity index (χ3v) is 2.40. The molecule has 2 rings (SSSR count). The minimum atomic E-state index is -0.280. The molecule has 2 aromatic heterocycles. The zero-order valence-corrected chi connectivity index (χ0v) is 9.56. The van der Waals surface area contributed by atoms with Crippen LogP contribution in [0, 0.1) is 6.92 Å². The van der Waals surface area contributed by atoms with Crippen LogP contribution < -0.4 is 0 Å². The van der Waals surface area contributed by atoms with Crippen molar-refractivity contribution in [1.82, 2.24) is 19.7 Å². The van der Waals surface area contributed by atoms with E-state index in [9.17, 15) is 4.79 Å². The lowest BCUT2D eigenvalue weighted by Gasteiger charge is -2.01. The second-order valence-electron chi connectivity index (χ2n) is 3.34. The fourth-order valence-corrected chi connectivity index (χ4v) is 1.55. The molecule has 5 nitrogen and oxygen atoms in total. The van der Waals surface area contributed by atoms with Gasteiger partial charge in [0.2, 0.25) is 5.78 Å². The van der Waals surface area contributed by atoms with Crippen LogP contribution in [-0.2, 0) is 7.05 Å². The van der Waals surface area contributed by atoms with E-state index in [1.807, 2.05) is 0 Å². The average Bonchev–Trinajstić information content (AvgIpc) is 2.59. The van der Waals surface area contributed by atoms with Crippen molar-refractivity contribution in [3.05, 3.63) is 40.7 Å². The summed E-state index contributed by atoms with van der Waals surface area (Å²) in [5.41, 5.74) is 1.34. The summed E-state index contributed by atoms with van der Waals surface area (Å²) in [5.74, 6) is -0.280. The molecular formula is C10H9ClN4O. The smallest absolute Gasteiger partial charge is 0.232 e. The summed E-state index contributed by atoms with van der Waals surface area (Å²) in [6, 6.07) is 0. The van der Waals surface area contributed by atoms with Crippen LogP contribution in [0.2, 0.25) is 5.02 Å². The van der Waals surface area contributed by atoms with Crippen molar-refractivity contribution in [1.29, 1.82) is 0 Å². The van der Waals surface area contributed by atoms with Crippen molar-refractivity contribution in [2.24, 2.45) is 7.05 Å². The molecule has 0 aliphatic carbocycles. The number of rotatable bonds is 2. The first-order valence-corrected chi connectivity index (χ1v) is 4.98. The van der Waals surface area contributed by atoms with Crippen LogP contribution in [0.15, 0.2) is 18.6 Å². The summed E-state index contributed by atoms with van der Waals surface area (Å²) in [4.78, 5) is 20.0. The van der Waals surface area contributed by atoms with Crippen LogP contribution in [0.3, 0.4) is 0 Å². The zero-order valence-electron chi connectivity index (χ0n) is 8.81. The summed E-state index contributed by atoms with van der Waals surface area (Å²) >= 11 is 5.87. The highest BCUT2D eigenvalue weighted by molar-refractivity contribution is 6.34. The van der Waals surface area contributed by atoms with Crippen LogP contribution in [0.5, 0.6) is 0 Å². The van der Waals surface area contributed by atoms with Crippen LogP contribution >= 0.6 is 11.6 Å². The normalized spacial score (nSPS) is 10.4. The van der Waals surface area contributed by atoms with Gasteiger partial charge in [0.1, 0.15) is 11.4 Å². The third-order valence-electron chi connectivity index (χ3n) is 2.12. The molecule has 0 saturated heterocycles. The Morgan fingerprint density at radius 3 is 2.56 bits per heavy atom. The first-order valence-electron chi connectivity index (χ1n) is 4.60. The topological polar surface area (TPSA) is 60.7 Å². The Bertz CT molecular complexity index is 513. The number of hydrogen-bond donors (Lipinski definition) is 0. The molecule has 6 heteroatoms. The molecule has 0 aliphatic rings. The number of nitrogens with zero attached hydrogens (tertiary/aromatic N) is 4. The summed E-state index contributed by atoms with van der Waals surface area (Å²) < 4.78 is 1.42. The molecule has 0 radical (unpaired) electrons. The first kappa shape index (κ1) is 10.8. The second-order valence-corrected chi connectivity index (χ2v) is 3.74. The highest BCUT2D eigenvalue weighted by Gasteiger charge is 2.18. The molecule has 0 spiro atoms. The number of aromatic nitrogens is 4. The predicted octanol–water partition coefficient (Wildman–Crippen LogP) is 1.40. The molecule has 0 fully saturated rings. The minimum absolute atomic E-state index is 0.260. The fourth-order valence-electron chi connectivity index (χ4n) is 1.30. The lowest BCUT2D eigenvalue weighted by atomic mass is 10.2. The van der Waals surface area contributed by atoms with Crippen molar-refractivity contribution in [2.45, 2.75) is 6.92 Å². The molecule has 2 aromatic rings. The van der Waals surface area contributed by atoms with Gasteiger partial charge in [0.05, 0.1) is 23.1 Å². The van der Waals surface area contributed by atoms with Crippen molar-refractivity contribution < 1.29 is 4.79 Å². The van der Waals surface area contributed by atoms with E-state index in [-0.39, 0.29) is 11.5 Å². The van der Waals surface area contributed by atoms with E-state index in [0.29, 0.717) is 10.7 Å². The van der Waals surface area contributed by atoms with E-state index in [4.69, 9.17) is 11.6 Å². The average molecular weight is 237 g/mol. The summed E-state index contributed by atoms with van der Waals surface area (Å²) in [7, 11) is 1.65. The SMILES string of the molecule is Cc1cnc(C(=O)c2c(Cl)cnn2C)cn1. The summed E-state index contributed by atoms with van der Waals surface area (Å²) in [6.07, 6.45) is 4.40. The molecular weight excluding hydrogens is 228 g/mol. The predicted molar refractivity (Wildman–Crippen MR) is 58.4 cm³/mol. The summed E-state index contributed by atoms with van der Waals surface area (Å²) in [6.45, 7) is 1.80. The molecule has 0 bridgehead atoms. The summed E-state index contributed by atoms with van der Waals surface area (Å²) in [5, 5.41) is 4.21. The molecule has 0 N–H and O–H groups in total. The van der Waals surface area contributed by atoms with Gasteiger partial charge in [0, 0.05) is 13.2 Å². The van der Waals surface area contributed by atoms with Gasteiger partial charge in [0.25, 0.3) is 0 Å². The zero-order chi connectivity index (χ0) is 11.7. The van der Waals surface area contributed by atoms with Crippen LogP contribution in [0.1, 0.15) is 21.9 Å². The molecule has 82 valence electrons. The van der Waals surface area contributed by atoms with Crippen molar-refractivity contribution in [2.75, 3.05) is 0 Å². The molecule has 0 saturated carbocycles. The molecule has 0 atom stereocenters. The highest BCUT2D eigenvalue weighted by Crippen LogP contribution is 2.17. The Morgan fingerprint density at radius 1 is 1.31 bits per heavy atom. The van der Waals surface area contributed by atoms with Crippen molar-refractivity contribution in [3.8, 4) is 0 Å². The van der Waals surface area contributed by atoms with Gasteiger partial charge in [-0.1, -0.05) is 11.6 Å². The largest absolute Gasteiger partial charge is 0.285 e. The lowest BCUT2D eigenvalue weighted by molar-refractivity contribution is 0.102. The maximum atomic E-state index is 12.0. The monoisotopic (exact) mass is 236 g/mol. The maximum Gasteiger partial charge on any atom is 0.232 e. The van der Waals surface area contributed by atoms with Gasteiger partial charge in [-0.05, 0) is 6.92 Å². The Hall–Kier alpha value is -1.75. The van der Waals surface area contributed by atoms with Gasteiger partial charge in [0.15, 0.2) is 0 Å². The minimum Gasteiger partial charge on any atom is -0.285 e. The van der Waals surface area contributed by atoms with Crippen LogP contribution in [0.25, 0.3) is 0 Å². The number of carbonyl (C=O) groups excluding carboxylic acids is 1. The highest BCUT2D eigenvalue weighted by atomic mass is 35.5. The quantitative estimate of drug-likeness (QED) is 0.740. The van der Waals surface area contributed by atoms with E-state index >= 15 is 0 Å². The molecule has 2 heterocycles. The van der Waals surface area contributed by atoms with E-state index in [2.05, 4.69) is 15.1 Å². The van der Waals surface area contributed by atoms with Gasteiger partial charge >= 0.3 is 0 Å². The Balaban J connectivity index is 2.43. The number of hydrogen-bond acceptors (Lipinski definition) is 4. The van der Waals surface area contributed by atoms with Gasteiger partial charge in [-0.25, -0.2) is 4.98 Å². The Kier molecular flexibility index (Phi) is 2.70. The molecule has 0 aliphatic heterocycles. The number of aryl methyl sites for hydroxylation is 2. The number of ketones is 1. The van der Waals surface area contributed by atoms with Crippen molar-refractivity contribution >= 4 is 17.4 Å². The third kappa shape index (κ3) is 1.81. The van der Waals surface area contributed by atoms with Gasteiger partial charge in [-0.15, -0.1) is 0 Å². The molecule has 0 unspecified atom stereocenters. The maximum absolute atomic E-state index is 12.0. The Labute approximate surface area is 97.1 Å². The van der Waals surface area contributed by atoms with Gasteiger partial charge in [-0.2, -0.15) is 5.10 Å². The van der Waals surface area contributed by atoms with Crippen LogP contribution in [0.4, 0.5) is 0 Å².